The average molecular weight is 289 g/mol. The molecular formula is C12H17ClN2S2. The molecule has 0 fully saturated rings. The lowest BCUT2D eigenvalue weighted by Gasteiger charge is -2.12. The number of thiocarbonyl (C=S) groups is 1. The second-order valence-electron chi connectivity index (χ2n) is 3.82. The first kappa shape index (κ1) is 14.6. The summed E-state index contributed by atoms with van der Waals surface area (Å²) in [6.45, 7) is 3.12. The maximum absolute atomic E-state index is 6.14. The molecule has 0 saturated heterocycles. The molecule has 0 aromatic heterocycles. The molecule has 1 aromatic rings. The molecule has 0 aliphatic rings. The zero-order chi connectivity index (χ0) is 12.8. The van der Waals surface area contributed by atoms with Gasteiger partial charge >= 0.3 is 0 Å². The van der Waals surface area contributed by atoms with Crippen molar-refractivity contribution in [1.82, 2.24) is 0 Å². The molecule has 1 unspecified atom stereocenters. The highest BCUT2D eigenvalue weighted by Crippen LogP contribution is 2.23. The number of anilines is 1. The second kappa shape index (κ2) is 7.09. The molecule has 0 bridgehead atoms. The molecule has 0 spiro atoms. The molecule has 2 nitrogen and oxygen atoms in total. The smallest absolute Gasteiger partial charge is 0.104 e. The Bertz CT molecular complexity index is 396. The van der Waals surface area contributed by atoms with Gasteiger partial charge in [0.2, 0.25) is 0 Å². The molecule has 17 heavy (non-hydrogen) atoms. The molecule has 94 valence electrons. The summed E-state index contributed by atoms with van der Waals surface area (Å²) in [5.41, 5.74) is 7.27. The first-order valence-electron chi connectivity index (χ1n) is 5.40. The summed E-state index contributed by atoms with van der Waals surface area (Å²) in [7, 11) is 0. The third kappa shape index (κ3) is 4.74. The fraction of sp³-hybridized carbons (Fsp3) is 0.417. The number of halogens is 1. The molecule has 0 heterocycles. The summed E-state index contributed by atoms with van der Waals surface area (Å²) in [5.74, 6) is 0. The lowest BCUT2D eigenvalue weighted by Crippen LogP contribution is -2.11. The Morgan fingerprint density at radius 2 is 2.29 bits per heavy atom. The highest BCUT2D eigenvalue weighted by atomic mass is 35.5. The van der Waals surface area contributed by atoms with Crippen molar-refractivity contribution in [2.24, 2.45) is 5.73 Å². The second-order valence-corrected chi connectivity index (χ2v) is 5.94. The SMILES string of the molecule is CSC(C)CCNc1ccc(C(N)=S)cc1Cl. The third-order valence-electron chi connectivity index (χ3n) is 2.52. The van der Waals surface area contributed by atoms with Gasteiger partial charge < -0.3 is 11.1 Å². The average Bonchev–Trinajstić information content (AvgIpc) is 2.30. The molecule has 0 radical (unpaired) electrons. The predicted octanol–water partition coefficient (Wildman–Crippen LogP) is 3.53. The van der Waals surface area contributed by atoms with Crippen LogP contribution in [0.3, 0.4) is 0 Å². The Labute approximate surface area is 117 Å². The van der Waals surface area contributed by atoms with Crippen LogP contribution in [0.2, 0.25) is 5.02 Å². The minimum absolute atomic E-state index is 0.370. The largest absolute Gasteiger partial charge is 0.389 e. The number of benzene rings is 1. The first-order valence-corrected chi connectivity index (χ1v) is 7.48. The van der Waals surface area contributed by atoms with E-state index in [-0.39, 0.29) is 0 Å². The Morgan fingerprint density at radius 1 is 1.59 bits per heavy atom. The van der Waals surface area contributed by atoms with Gasteiger partial charge in [0.25, 0.3) is 0 Å². The van der Waals surface area contributed by atoms with E-state index in [4.69, 9.17) is 29.6 Å². The molecule has 0 saturated carbocycles. The van der Waals surface area contributed by atoms with E-state index in [1.54, 1.807) is 6.07 Å². The summed E-state index contributed by atoms with van der Waals surface area (Å²) in [6, 6.07) is 5.60. The molecule has 0 aliphatic heterocycles. The standard InChI is InChI=1S/C12H17ClN2S2/c1-8(17-2)5-6-15-11-4-3-9(12(14)16)7-10(11)13/h3-4,7-8,15H,5-6H2,1-2H3,(H2,14,16). The normalized spacial score (nSPS) is 12.2. The molecule has 1 rings (SSSR count). The van der Waals surface area contributed by atoms with Gasteiger partial charge in [0.15, 0.2) is 0 Å². The summed E-state index contributed by atoms with van der Waals surface area (Å²) in [6.07, 6.45) is 3.23. The van der Waals surface area contributed by atoms with Gasteiger partial charge in [-0.1, -0.05) is 30.7 Å². The summed E-state index contributed by atoms with van der Waals surface area (Å²) in [4.78, 5) is 0.370. The van der Waals surface area contributed by atoms with Crippen molar-refractivity contribution in [1.29, 1.82) is 0 Å². The molecule has 3 N–H and O–H groups in total. The van der Waals surface area contributed by atoms with Crippen LogP contribution in [0, 0.1) is 0 Å². The van der Waals surface area contributed by atoms with Crippen LogP contribution in [-0.4, -0.2) is 23.0 Å². The third-order valence-corrected chi connectivity index (χ3v) is 4.11. The van der Waals surface area contributed by atoms with E-state index < -0.39 is 0 Å². The number of rotatable bonds is 6. The maximum Gasteiger partial charge on any atom is 0.104 e. The van der Waals surface area contributed by atoms with Crippen molar-refractivity contribution < 1.29 is 0 Å². The van der Waals surface area contributed by atoms with Crippen molar-refractivity contribution in [2.75, 3.05) is 18.1 Å². The van der Waals surface area contributed by atoms with Crippen LogP contribution in [0.5, 0.6) is 0 Å². The van der Waals surface area contributed by atoms with Crippen LogP contribution in [0.4, 0.5) is 5.69 Å². The Balaban J connectivity index is 2.57. The highest BCUT2D eigenvalue weighted by molar-refractivity contribution is 7.99. The van der Waals surface area contributed by atoms with Gasteiger partial charge in [0.1, 0.15) is 4.99 Å². The molecule has 5 heteroatoms. The van der Waals surface area contributed by atoms with Crippen molar-refractivity contribution in [3.05, 3.63) is 28.8 Å². The minimum atomic E-state index is 0.370. The Morgan fingerprint density at radius 3 is 2.82 bits per heavy atom. The van der Waals surface area contributed by atoms with E-state index in [9.17, 15) is 0 Å². The van der Waals surface area contributed by atoms with Gasteiger partial charge in [-0.2, -0.15) is 11.8 Å². The van der Waals surface area contributed by atoms with Gasteiger partial charge in [0.05, 0.1) is 10.7 Å². The predicted molar refractivity (Wildman–Crippen MR) is 83.4 cm³/mol. The van der Waals surface area contributed by atoms with E-state index >= 15 is 0 Å². The van der Waals surface area contributed by atoms with Gasteiger partial charge in [0, 0.05) is 17.4 Å². The van der Waals surface area contributed by atoms with Crippen LogP contribution in [0.25, 0.3) is 0 Å². The van der Waals surface area contributed by atoms with Crippen molar-refractivity contribution in [2.45, 2.75) is 18.6 Å². The van der Waals surface area contributed by atoms with Gasteiger partial charge in [-0.15, -0.1) is 0 Å². The maximum atomic E-state index is 6.14. The molecule has 0 aliphatic carbocycles. The molecule has 1 atom stereocenters. The van der Waals surface area contributed by atoms with Crippen LogP contribution in [0.1, 0.15) is 18.9 Å². The summed E-state index contributed by atoms with van der Waals surface area (Å²) in [5, 5.41) is 4.62. The van der Waals surface area contributed by atoms with Gasteiger partial charge in [-0.25, -0.2) is 0 Å². The quantitative estimate of drug-likeness (QED) is 0.786. The fourth-order valence-corrected chi connectivity index (χ4v) is 2.07. The van der Waals surface area contributed by atoms with Crippen molar-refractivity contribution >= 4 is 46.3 Å². The highest BCUT2D eigenvalue weighted by Gasteiger charge is 2.04. The van der Waals surface area contributed by atoms with E-state index in [1.807, 2.05) is 23.9 Å². The Hall–Kier alpha value is -0.450. The van der Waals surface area contributed by atoms with Gasteiger partial charge in [-0.05, 0) is 30.9 Å². The number of hydrogen-bond acceptors (Lipinski definition) is 3. The van der Waals surface area contributed by atoms with E-state index in [0.29, 0.717) is 15.3 Å². The summed E-state index contributed by atoms with van der Waals surface area (Å²) >= 11 is 12.9. The number of nitrogens with two attached hydrogens (primary N) is 1. The molecule has 1 aromatic carbocycles. The first-order chi connectivity index (χ1) is 8.04. The van der Waals surface area contributed by atoms with Crippen molar-refractivity contribution in [3.8, 4) is 0 Å². The monoisotopic (exact) mass is 288 g/mol. The topological polar surface area (TPSA) is 38.0 Å². The number of nitrogens with one attached hydrogen (secondary N) is 1. The fourth-order valence-electron chi connectivity index (χ4n) is 1.34. The molecule has 0 amide bonds. The van der Waals surface area contributed by atoms with Crippen molar-refractivity contribution in [3.63, 3.8) is 0 Å². The minimum Gasteiger partial charge on any atom is -0.389 e. The Kier molecular flexibility index (Phi) is 6.09. The van der Waals surface area contributed by atoms with Gasteiger partial charge in [-0.3, -0.25) is 0 Å². The van der Waals surface area contributed by atoms with E-state index in [1.165, 1.54) is 0 Å². The molecular weight excluding hydrogens is 272 g/mol. The van der Waals surface area contributed by atoms with E-state index in [2.05, 4.69) is 18.5 Å². The van der Waals surface area contributed by atoms with E-state index in [0.717, 1.165) is 24.2 Å². The zero-order valence-electron chi connectivity index (χ0n) is 10.00. The van der Waals surface area contributed by atoms with Crippen LogP contribution < -0.4 is 11.1 Å². The van der Waals surface area contributed by atoms with Crippen LogP contribution in [-0.2, 0) is 0 Å². The lowest BCUT2D eigenvalue weighted by molar-refractivity contribution is 0.854. The van der Waals surface area contributed by atoms with Crippen LogP contribution in [0.15, 0.2) is 18.2 Å². The number of hydrogen-bond donors (Lipinski definition) is 2. The zero-order valence-corrected chi connectivity index (χ0v) is 12.4. The lowest BCUT2D eigenvalue weighted by atomic mass is 10.2. The number of thioether (sulfide) groups is 1. The van der Waals surface area contributed by atoms with Crippen LogP contribution >= 0.6 is 35.6 Å². The summed E-state index contributed by atoms with van der Waals surface area (Å²) < 4.78 is 0.